The Morgan fingerprint density at radius 3 is 2.54 bits per heavy atom. The van der Waals surface area contributed by atoms with Gasteiger partial charge in [0, 0.05) is 25.8 Å². The number of amides is 1. The Morgan fingerprint density at radius 1 is 1.08 bits per heavy atom. The van der Waals surface area contributed by atoms with Gasteiger partial charge in [-0.15, -0.1) is 0 Å². The molecule has 1 heterocycles. The molecule has 0 spiro atoms. The van der Waals surface area contributed by atoms with Gasteiger partial charge < -0.3 is 15.5 Å². The van der Waals surface area contributed by atoms with E-state index < -0.39 is 0 Å². The fourth-order valence-electron chi connectivity index (χ4n) is 2.28. The highest BCUT2D eigenvalue weighted by Crippen LogP contribution is 2.07. The second-order valence-electron chi connectivity index (χ2n) is 6.01. The van der Waals surface area contributed by atoms with Crippen LogP contribution < -0.4 is 10.6 Å². The van der Waals surface area contributed by atoms with E-state index in [-0.39, 0.29) is 5.91 Å². The lowest BCUT2D eigenvalue weighted by Crippen LogP contribution is -2.31. The highest BCUT2D eigenvalue weighted by atomic mass is 16.1. The second-order valence-corrected chi connectivity index (χ2v) is 6.01. The first-order chi connectivity index (χ1) is 11.6. The first kappa shape index (κ1) is 17.9. The molecule has 0 bridgehead atoms. The minimum atomic E-state index is -0.0834. The van der Waals surface area contributed by atoms with E-state index in [1.165, 1.54) is 5.56 Å². The summed E-state index contributed by atoms with van der Waals surface area (Å²) in [5, 5.41) is 6.17. The molecule has 5 nitrogen and oxygen atoms in total. The molecule has 0 saturated heterocycles. The van der Waals surface area contributed by atoms with Crippen LogP contribution in [0.2, 0.25) is 0 Å². The zero-order valence-electron chi connectivity index (χ0n) is 14.5. The van der Waals surface area contributed by atoms with Crippen LogP contribution in [0.3, 0.4) is 0 Å². The molecule has 2 aromatic rings. The van der Waals surface area contributed by atoms with Crippen molar-refractivity contribution < 1.29 is 4.79 Å². The van der Waals surface area contributed by atoms with Crippen LogP contribution in [0, 0.1) is 0 Å². The van der Waals surface area contributed by atoms with Crippen molar-refractivity contribution in [3.8, 4) is 0 Å². The topological polar surface area (TPSA) is 57.3 Å². The Labute approximate surface area is 144 Å². The normalized spacial score (nSPS) is 10.6. The molecule has 0 atom stereocenters. The van der Waals surface area contributed by atoms with Gasteiger partial charge in [0.15, 0.2) is 0 Å². The summed E-state index contributed by atoms with van der Waals surface area (Å²) in [4.78, 5) is 18.3. The third-order valence-corrected chi connectivity index (χ3v) is 3.66. The summed E-state index contributed by atoms with van der Waals surface area (Å²) < 4.78 is 0. The number of nitrogens with one attached hydrogen (secondary N) is 2. The zero-order chi connectivity index (χ0) is 17.2. The van der Waals surface area contributed by atoms with Gasteiger partial charge in [0.25, 0.3) is 5.91 Å². The maximum Gasteiger partial charge on any atom is 0.252 e. The van der Waals surface area contributed by atoms with E-state index in [0.717, 1.165) is 31.7 Å². The summed E-state index contributed by atoms with van der Waals surface area (Å²) in [7, 11) is 3.96. The minimum Gasteiger partial charge on any atom is -0.370 e. The van der Waals surface area contributed by atoms with Crippen molar-refractivity contribution in [2.75, 3.05) is 39.0 Å². The molecule has 0 unspecified atom stereocenters. The summed E-state index contributed by atoms with van der Waals surface area (Å²) in [5.41, 5.74) is 1.93. The Bertz CT molecular complexity index is 611. The van der Waals surface area contributed by atoms with E-state index in [4.69, 9.17) is 0 Å². The molecule has 0 aliphatic heterocycles. The molecular formula is C19H26N4O. The van der Waals surface area contributed by atoms with E-state index in [1.807, 2.05) is 31.1 Å². The largest absolute Gasteiger partial charge is 0.370 e. The average molecular weight is 326 g/mol. The molecule has 128 valence electrons. The van der Waals surface area contributed by atoms with Gasteiger partial charge in [-0.1, -0.05) is 30.3 Å². The smallest absolute Gasteiger partial charge is 0.252 e. The summed E-state index contributed by atoms with van der Waals surface area (Å²) in [6.45, 7) is 2.31. The molecule has 1 amide bonds. The first-order valence-electron chi connectivity index (χ1n) is 8.32. The molecule has 2 N–H and O–H groups in total. The maximum atomic E-state index is 12.0. The molecule has 2 rings (SSSR count). The van der Waals surface area contributed by atoms with Crippen molar-refractivity contribution in [2.45, 2.75) is 12.8 Å². The molecule has 0 saturated carbocycles. The number of pyridine rings is 1. The molecule has 0 aliphatic carbocycles. The summed E-state index contributed by atoms with van der Waals surface area (Å²) in [5.74, 6) is 0.716. The van der Waals surface area contributed by atoms with Gasteiger partial charge in [0.05, 0.1) is 5.56 Å². The van der Waals surface area contributed by atoms with Gasteiger partial charge in [0.1, 0.15) is 5.82 Å². The number of anilines is 1. The van der Waals surface area contributed by atoms with Crippen LogP contribution in [-0.2, 0) is 6.42 Å². The number of rotatable bonds is 9. The van der Waals surface area contributed by atoms with E-state index >= 15 is 0 Å². The maximum absolute atomic E-state index is 12.0. The Balaban J connectivity index is 1.70. The summed E-state index contributed by atoms with van der Waals surface area (Å²) in [6.07, 6.45) is 3.70. The predicted molar refractivity (Wildman–Crippen MR) is 98.4 cm³/mol. The first-order valence-corrected chi connectivity index (χ1v) is 8.32. The van der Waals surface area contributed by atoms with Crippen molar-refractivity contribution in [3.63, 3.8) is 0 Å². The van der Waals surface area contributed by atoms with Crippen LogP contribution in [0.4, 0.5) is 5.82 Å². The number of carbonyl (C=O) groups is 1. The summed E-state index contributed by atoms with van der Waals surface area (Å²) >= 11 is 0. The fourth-order valence-corrected chi connectivity index (χ4v) is 2.28. The molecule has 5 heteroatoms. The minimum absolute atomic E-state index is 0.0834. The number of hydrogen-bond donors (Lipinski definition) is 2. The number of benzene rings is 1. The lowest BCUT2D eigenvalue weighted by atomic mass is 10.1. The highest BCUT2D eigenvalue weighted by Gasteiger charge is 2.05. The van der Waals surface area contributed by atoms with Crippen LogP contribution in [0.15, 0.2) is 48.7 Å². The number of aromatic nitrogens is 1. The molecule has 0 fully saturated rings. The third kappa shape index (κ3) is 6.38. The van der Waals surface area contributed by atoms with Crippen molar-refractivity contribution in [3.05, 3.63) is 59.8 Å². The molecule has 1 aromatic heterocycles. The van der Waals surface area contributed by atoms with E-state index in [2.05, 4.69) is 39.9 Å². The molecule has 0 aliphatic rings. The van der Waals surface area contributed by atoms with Crippen LogP contribution in [0.1, 0.15) is 22.3 Å². The fraction of sp³-hybridized carbons (Fsp3) is 0.368. The Morgan fingerprint density at radius 2 is 1.88 bits per heavy atom. The number of nitrogens with zero attached hydrogens (tertiary/aromatic N) is 2. The SMILES string of the molecule is CN(C)CCNC(=O)c1ccc(NCCCc2ccccc2)nc1. The number of likely N-dealkylation sites (N-methyl/N-ethyl adjacent to an activating group) is 1. The second kappa shape index (κ2) is 9.67. The number of aryl methyl sites for hydroxylation is 1. The van der Waals surface area contributed by atoms with Crippen LogP contribution in [0.25, 0.3) is 0 Å². The molecular weight excluding hydrogens is 300 g/mol. The van der Waals surface area contributed by atoms with E-state index in [9.17, 15) is 4.79 Å². The van der Waals surface area contributed by atoms with Gasteiger partial charge in [0.2, 0.25) is 0 Å². The lowest BCUT2D eigenvalue weighted by molar-refractivity contribution is 0.0950. The van der Waals surface area contributed by atoms with Crippen LogP contribution in [-0.4, -0.2) is 49.5 Å². The third-order valence-electron chi connectivity index (χ3n) is 3.66. The molecule has 1 aromatic carbocycles. The summed E-state index contributed by atoms with van der Waals surface area (Å²) in [6, 6.07) is 14.1. The van der Waals surface area contributed by atoms with Crippen molar-refractivity contribution in [1.29, 1.82) is 0 Å². The van der Waals surface area contributed by atoms with Crippen molar-refractivity contribution in [2.24, 2.45) is 0 Å². The van der Waals surface area contributed by atoms with Crippen LogP contribution in [0.5, 0.6) is 0 Å². The quantitative estimate of drug-likeness (QED) is 0.695. The zero-order valence-corrected chi connectivity index (χ0v) is 14.5. The van der Waals surface area contributed by atoms with E-state index in [1.54, 1.807) is 12.3 Å². The number of hydrogen-bond acceptors (Lipinski definition) is 4. The highest BCUT2D eigenvalue weighted by molar-refractivity contribution is 5.94. The Kier molecular flexibility index (Phi) is 7.23. The van der Waals surface area contributed by atoms with Gasteiger partial charge >= 0.3 is 0 Å². The molecule has 24 heavy (non-hydrogen) atoms. The van der Waals surface area contributed by atoms with Gasteiger partial charge in [-0.2, -0.15) is 0 Å². The van der Waals surface area contributed by atoms with Crippen molar-refractivity contribution >= 4 is 11.7 Å². The predicted octanol–water partition coefficient (Wildman–Crippen LogP) is 2.42. The van der Waals surface area contributed by atoms with Gasteiger partial charge in [-0.3, -0.25) is 4.79 Å². The molecule has 0 radical (unpaired) electrons. The van der Waals surface area contributed by atoms with Crippen molar-refractivity contribution in [1.82, 2.24) is 15.2 Å². The average Bonchev–Trinajstić information content (AvgIpc) is 2.60. The standard InChI is InChI=1S/C19H26N4O/c1-23(2)14-13-21-19(24)17-10-11-18(22-15-17)20-12-6-9-16-7-4-3-5-8-16/h3-5,7-8,10-11,15H,6,9,12-14H2,1-2H3,(H,20,22)(H,21,24). The van der Waals surface area contributed by atoms with Gasteiger partial charge in [-0.25, -0.2) is 4.98 Å². The van der Waals surface area contributed by atoms with E-state index in [0.29, 0.717) is 12.1 Å². The Hall–Kier alpha value is -2.40. The lowest BCUT2D eigenvalue weighted by Gasteiger charge is -2.10. The monoisotopic (exact) mass is 326 g/mol. The van der Waals surface area contributed by atoms with Crippen LogP contribution >= 0.6 is 0 Å². The van der Waals surface area contributed by atoms with Gasteiger partial charge in [-0.05, 0) is 44.6 Å². The number of carbonyl (C=O) groups excluding carboxylic acids is 1.